The fourth-order valence-corrected chi connectivity index (χ4v) is 5.61. The van der Waals surface area contributed by atoms with Crippen molar-refractivity contribution in [2.75, 3.05) is 13.1 Å². The van der Waals surface area contributed by atoms with Crippen LogP contribution in [-0.4, -0.2) is 46.2 Å². The van der Waals surface area contributed by atoms with Crippen LogP contribution >= 0.6 is 0 Å². The molecule has 6 heteroatoms. The summed E-state index contributed by atoms with van der Waals surface area (Å²) < 4.78 is 0. The Balaban J connectivity index is 1.42. The Morgan fingerprint density at radius 3 is 2.23 bits per heavy atom. The zero-order chi connectivity index (χ0) is 25.2. The largest absolute Gasteiger partial charge is 0.342 e. The van der Waals surface area contributed by atoms with Gasteiger partial charge in [0.2, 0.25) is 5.91 Å². The second-order valence-corrected chi connectivity index (χ2v) is 9.81. The molecule has 1 aromatic carbocycles. The Bertz CT molecular complexity index is 1200. The zero-order valence-electron chi connectivity index (χ0n) is 20.5. The van der Waals surface area contributed by atoms with Crippen LogP contribution in [0.2, 0.25) is 0 Å². The number of aromatic nitrogens is 1. The molecule has 2 aliphatic rings. The number of pyridine rings is 1. The molecule has 1 aliphatic heterocycles. The minimum atomic E-state index is -0.722. The average Bonchev–Trinajstić information content (AvgIpc) is 2.81. The lowest BCUT2D eigenvalue weighted by Crippen LogP contribution is -2.48. The third-order valence-corrected chi connectivity index (χ3v) is 7.33. The number of carbonyl (C=O) groups excluding carboxylic acids is 4. The minimum absolute atomic E-state index is 0.0353. The lowest BCUT2D eigenvalue weighted by atomic mass is 9.62. The molecule has 180 valence electrons. The Kier molecular flexibility index (Phi) is 6.98. The number of amides is 1. The van der Waals surface area contributed by atoms with Crippen molar-refractivity contribution in [1.29, 1.82) is 0 Å². The second-order valence-electron chi connectivity index (χ2n) is 9.81. The van der Waals surface area contributed by atoms with E-state index in [0.717, 1.165) is 22.3 Å². The van der Waals surface area contributed by atoms with E-state index in [1.54, 1.807) is 30.0 Å². The first kappa shape index (κ1) is 24.5. The highest BCUT2D eigenvalue weighted by molar-refractivity contribution is 6.10. The number of nitrogens with zero attached hydrogens (tertiary/aromatic N) is 2. The summed E-state index contributed by atoms with van der Waals surface area (Å²) in [5.41, 5.74) is 3.42. The van der Waals surface area contributed by atoms with Gasteiger partial charge in [0.25, 0.3) is 0 Å². The predicted molar refractivity (Wildman–Crippen MR) is 132 cm³/mol. The minimum Gasteiger partial charge on any atom is -0.342 e. The summed E-state index contributed by atoms with van der Waals surface area (Å²) in [6, 6.07) is 8.93. The molecular formula is C29H30N2O4. The topological polar surface area (TPSA) is 84.4 Å². The third kappa shape index (κ3) is 5.09. The fraction of sp³-hybridized carbons (Fsp3) is 0.414. The van der Waals surface area contributed by atoms with E-state index < -0.39 is 11.3 Å². The first-order valence-electron chi connectivity index (χ1n) is 12.0. The van der Waals surface area contributed by atoms with Crippen molar-refractivity contribution >= 4 is 23.3 Å². The van der Waals surface area contributed by atoms with Gasteiger partial charge in [-0.15, -0.1) is 5.92 Å². The van der Waals surface area contributed by atoms with Gasteiger partial charge in [-0.05, 0) is 80.0 Å². The van der Waals surface area contributed by atoms with Gasteiger partial charge in [-0.25, -0.2) is 0 Å². The van der Waals surface area contributed by atoms with Crippen molar-refractivity contribution in [2.24, 2.45) is 5.41 Å². The van der Waals surface area contributed by atoms with Crippen LogP contribution in [0.5, 0.6) is 0 Å². The molecule has 0 bridgehead atoms. The molecule has 1 aromatic heterocycles. The molecule has 2 fully saturated rings. The molecule has 0 unspecified atom stereocenters. The van der Waals surface area contributed by atoms with E-state index in [1.807, 2.05) is 26.0 Å². The van der Waals surface area contributed by atoms with Crippen LogP contribution in [0, 0.1) is 31.1 Å². The van der Waals surface area contributed by atoms with E-state index in [0.29, 0.717) is 38.8 Å². The van der Waals surface area contributed by atoms with Gasteiger partial charge >= 0.3 is 0 Å². The van der Waals surface area contributed by atoms with Crippen LogP contribution in [0.25, 0.3) is 0 Å². The van der Waals surface area contributed by atoms with Gasteiger partial charge in [0, 0.05) is 37.7 Å². The lowest BCUT2D eigenvalue weighted by Gasteiger charge is -2.44. The Morgan fingerprint density at radius 2 is 1.69 bits per heavy atom. The number of piperidine rings is 1. The number of rotatable bonds is 4. The molecule has 1 aliphatic carbocycles. The standard InChI is InChI=1S/C29H30N2O4/c1-4-7-21-14-19(2)27(20(3)15-21)28-24(33)17-29(18-25(28)34)9-12-31(13-10-29)26(35)16-23(32)22-8-5-6-11-30-22/h5-6,8,11,14-15,28H,9-10,12-13,16-18H2,1-3H3. The highest BCUT2D eigenvalue weighted by atomic mass is 16.2. The SMILES string of the molecule is CC#Cc1cc(C)c(C2C(=O)CC3(CCN(C(=O)CC(=O)c4ccccn4)CC3)CC2=O)c(C)c1. The van der Waals surface area contributed by atoms with E-state index in [2.05, 4.69) is 16.8 Å². The molecule has 1 spiro atoms. The van der Waals surface area contributed by atoms with Crippen LogP contribution in [0.4, 0.5) is 0 Å². The smallest absolute Gasteiger partial charge is 0.230 e. The number of aryl methyl sites for hydroxylation is 2. The Hall–Kier alpha value is -3.59. The maximum absolute atomic E-state index is 13.3. The van der Waals surface area contributed by atoms with Crippen molar-refractivity contribution in [2.45, 2.75) is 58.8 Å². The highest BCUT2D eigenvalue weighted by Crippen LogP contribution is 2.46. The van der Waals surface area contributed by atoms with Gasteiger partial charge in [0.1, 0.15) is 23.2 Å². The second kappa shape index (κ2) is 9.95. The summed E-state index contributed by atoms with van der Waals surface area (Å²) in [6.45, 7) is 6.54. The van der Waals surface area contributed by atoms with Gasteiger partial charge in [0.15, 0.2) is 5.78 Å². The number of benzene rings is 1. The molecule has 1 saturated heterocycles. The average molecular weight is 471 g/mol. The number of carbonyl (C=O) groups is 4. The predicted octanol–water partition coefficient (Wildman–Crippen LogP) is 3.97. The molecule has 1 saturated carbocycles. The molecule has 2 aromatic rings. The van der Waals surface area contributed by atoms with Crippen molar-refractivity contribution in [3.8, 4) is 11.8 Å². The Labute approximate surface area is 206 Å². The molecule has 2 heterocycles. The van der Waals surface area contributed by atoms with E-state index in [4.69, 9.17) is 0 Å². The Morgan fingerprint density at radius 1 is 1.06 bits per heavy atom. The third-order valence-electron chi connectivity index (χ3n) is 7.33. The van der Waals surface area contributed by atoms with Crippen molar-refractivity contribution in [1.82, 2.24) is 9.88 Å². The van der Waals surface area contributed by atoms with Crippen molar-refractivity contribution in [3.05, 3.63) is 64.5 Å². The number of Topliss-reactive ketones (excluding diaryl/α,β-unsaturated/α-hetero) is 3. The van der Waals surface area contributed by atoms with E-state index in [9.17, 15) is 19.2 Å². The van der Waals surface area contributed by atoms with Gasteiger partial charge < -0.3 is 4.90 Å². The van der Waals surface area contributed by atoms with Crippen LogP contribution in [0.1, 0.15) is 77.7 Å². The van der Waals surface area contributed by atoms with Gasteiger partial charge in [-0.3, -0.25) is 24.2 Å². The fourth-order valence-electron chi connectivity index (χ4n) is 5.61. The van der Waals surface area contributed by atoms with E-state index in [-0.39, 0.29) is 35.4 Å². The summed E-state index contributed by atoms with van der Waals surface area (Å²) in [7, 11) is 0. The molecule has 4 rings (SSSR count). The van der Waals surface area contributed by atoms with E-state index >= 15 is 0 Å². The van der Waals surface area contributed by atoms with Crippen LogP contribution in [0.15, 0.2) is 36.5 Å². The monoisotopic (exact) mass is 470 g/mol. The molecule has 35 heavy (non-hydrogen) atoms. The molecule has 0 radical (unpaired) electrons. The zero-order valence-corrected chi connectivity index (χ0v) is 20.5. The molecular weight excluding hydrogens is 440 g/mol. The molecule has 0 atom stereocenters. The molecule has 1 amide bonds. The summed E-state index contributed by atoms with van der Waals surface area (Å²) in [4.78, 5) is 57.4. The number of hydrogen-bond donors (Lipinski definition) is 0. The van der Waals surface area contributed by atoms with Gasteiger partial charge in [-0.1, -0.05) is 12.0 Å². The summed E-state index contributed by atoms with van der Waals surface area (Å²) in [5.74, 6) is 4.61. The molecule has 0 N–H and O–H groups in total. The summed E-state index contributed by atoms with van der Waals surface area (Å²) in [6.07, 6.45) is 3.17. The van der Waals surface area contributed by atoms with Crippen LogP contribution < -0.4 is 0 Å². The maximum atomic E-state index is 13.3. The normalized spacial score (nSPS) is 17.7. The number of ketones is 3. The quantitative estimate of drug-likeness (QED) is 0.384. The molecule has 6 nitrogen and oxygen atoms in total. The van der Waals surface area contributed by atoms with Gasteiger partial charge in [-0.2, -0.15) is 0 Å². The van der Waals surface area contributed by atoms with E-state index in [1.165, 1.54) is 6.20 Å². The lowest BCUT2D eigenvalue weighted by molar-refractivity contribution is -0.140. The first-order chi connectivity index (χ1) is 16.7. The van der Waals surface area contributed by atoms with Crippen molar-refractivity contribution < 1.29 is 19.2 Å². The maximum Gasteiger partial charge on any atom is 0.230 e. The van der Waals surface area contributed by atoms with Crippen molar-refractivity contribution in [3.63, 3.8) is 0 Å². The van der Waals surface area contributed by atoms with Gasteiger partial charge in [0.05, 0.1) is 6.42 Å². The number of hydrogen-bond acceptors (Lipinski definition) is 5. The number of likely N-dealkylation sites (tertiary alicyclic amines) is 1. The summed E-state index contributed by atoms with van der Waals surface area (Å²) >= 11 is 0. The highest BCUT2D eigenvalue weighted by Gasteiger charge is 2.47. The van der Waals surface area contributed by atoms with Crippen LogP contribution in [-0.2, 0) is 14.4 Å². The summed E-state index contributed by atoms with van der Waals surface area (Å²) in [5, 5.41) is 0. The first-order valence-corrected chi connectivity index (χ1v) is 12.0. The van der Waals surface area contributed by atoms with Crippen LogP contribution in [0.3, 0.4) is 0 Å².